The largest absolute Gasteiger partial charge is 0.469 e. The van der Waals surface area contributed by atoms with E-state index in [1.165, 1.54) is 19.2 Å². The lowest BCUT2D eigenvalue weighted by Gasteiger charge is -2.08. The molecule has 6 heteroatoms. The predicted molar refractivity (Wildman–Crippen MR) is 86.6 cm³/mol. The van der Waals surface area contributed by atoms with Gasteiger partial charge in [0.25, 0.3) is 0 Å². The van der Waals surface area contributed by atoms with Crippen molar-refractivity contribution < 1.29 is 22.1 Å². The Labute approximate surface area is 136 Å². The molecule has 0 aliphatic rings. The van der Waals surface area contributed by atoms with Gasteiger partial charge in [-0.3, -0.25) is 4.79 Å². The van der Waals surface area contributed by atoms with Gasteiger partial charge < -0.3 is 8.92 Å². The summed E-state index contributed by atoms with van der Waals surface area (Å²) < 4.78 is 33.8. The van der Waals surface area contributed by atoms with Crippen molar-refractivity contribution >= 4 is 16.1 Å². The molecule has 0 amide bonds. The maximum Gasteiger partial charge on any atom is 0.313 e. The Balaban J connectivity index is 2.04. The first-order valence-electron chi connectivity index (χ1n) is 7.01. The molecule has 0 unspecified atom stereocenters. The molecule has 0 aromatic heterocycles. The molecule has 0 N–H and O–H groups in total. The van der Waals surface area contributed by atoms with E-state index in [4.69, 9.17) is 4.18 Å². The summed E-state index contributed by atoms with van der Waals surface area (Å²) in [5, 5.41) is 0. The maximum absolute atomic E-state index is 12.1. The lowest BCUT2D eigenvalue weighted by atomic mass is 10.1. The van der Waals surface area contributed by atoms with E-state index in [2.05, 4.69) is 4.74 Å². The minimum Gasteiger partial charge on any atom is -0.469 e. The zero-order chi connectivity index (χ0) is 16.9. The summed E-state index contributed by atoms with van der Waals surface area (Å²) in [5.41, 5.74) is 2.39. The minimum atomic E-state index is -3.74. The van der Waals surface area contributed by atoms with Gasteiger partial charge in [0.2, 0.25) is 0 Å². The Morgan fingerprint density at radius 3 is 2.35 bits per heavy atom. The van der Waals surface area contributed by atoms with Crippen LogP contribution < -0.4 is 4.18 Å². The number of hydrogen-bond donors (Lipinski definition) is 0. The average Bonchev–Trinajstić information content (AvgIpc) is 2.48. The maximum atomic E-state index is 12.1. The first-order valence-corrected chi connectivity index (χ1v) is 8.59. The normalized spacial score (nSPS) is 11.0. The van der Waals surface area contributed by atoms with Crippen molar-refractivity contribution in [1.29, 1.82) is 0 Å². The van der Waals surface area contributed by atoms with Gasteiger partial charge in [-0.15, -0.1) is 0 Å². The molecule has 122 valence electrons. The average molecular weight is 334 g/mol. The van der Waals surface area contributed by atoms with Gasteiger partial charge >= 0.3 is 16.1 Å². The number of methoxy groups -OCH3 is 1. The molecule has 0 aliphatic carbocycles. The zero-order valence-corrected chi connectivity index (χ0v) is 13.8. The van der Waals surface area contributed by atoms with Crippen LogP contribution in [0.25, 0.3) is 0 Å². The van der Waals surface area contributed by atoms with Crippen LogP contribution in [0.1, 0.15) is 16.7 Å². The zero-order valence-electron chi connectivity index (χ0n) is 13.0. The summed E-state index contributed by atoms with van der Waals surface area (Å²) in [4.78, 5) is 11.2. The van der Waals surface area contributed by atoms with Crippen molar-refractivity contribution in [2.45, 2.75) is 19.1 Å². The Hall–Kier alpha value is -2.34. The molecule has 0 saturated heterocycles. The third-order valence-corrected chi connectivity index (χ3v) is 4.28. The predicted octanol–water partition coefficient (Wildman–Crippen LogP) is 2.62. The van der Waals surface area contributed by atoms with Crippen LogP contribution in [0.5, 0.6) is 5.75 Å². The first-order chi connectivity index (χ1) is 10.9. The van der Waals surface area contributed by atoms with E-state index in [0.717, 1.165) is 11.1 Å². The van der Waals surface area contributed by atoms with Crippen molar-refractivity contribution in [3.05, 3.63) is 65.2 Å². The molecule has 23 heavy (non-hydrogen) atoms. The van der Waals surface area contributed by atoms with E-state index in [1.807, 2.05) is 19.1 Å². The van der Waals surface area contributed by atoms with Crippen molar-refractivity contribution in [3.8, 4) is 5.75 Å². The topological polar surface area (TPSA) is 69.7 Å². The van der Waals surface area contributed by atoms with Crippen LogP contribution in [-0.2, 0) is 31.8 Å². The standard InChI is InChI=1S/C17H18O5S/c1-13-4-3-5-15(10-13)12-23(19,20)22-16-8-6-14(7-9-16)11-17(18)21-2/h3-10H,11-12H2,1-2H3. The van der Waals surface area contributed by atoms with Crippen LogP contribution >= 0.6 is 0 Å². The van der Waals surface area contributed by atoms with E-state index in [0.29, 0.717) is 5.56 Å². The summed E-state index contributed by atoms with van der Waals surface area (Å²) in [6.45, 7) is 1.90. The second kappa shape index (κ2) is 7.28. The molecule has 0 radical (unpaired) electrons. The van der Waals surface area contributed by atoms with E-state index < -0.39 is 10.1 Å². The number of carbonyl (C=O) groups is 1. The van der Waals surface area contributed by atoms with Gasteiger partial charge in [0.05, 0.1) is 13.5 Å². The number of esters is 1. The number of aryl methyl sites for hydroxylation is 1. The molecule has 0 spiro atoms. The molecule has 2 rings (SSSR count). The molecular weight excluding hydrogens is 316 g/mol. The van der Waals surface area contributed by atoms with Crippen molar-refractivity contribution in [2.24, 2.45) is 0 Å². The van der Waals surface area contributed by atoms with E-state index in [1.54, 1.807) is 24.3 Å². The highest BCUT2D eigenvalue weighted by Crippen LogP contribution is 2.17. The third-order valence-electron chi connectivity index (χ3n) is 3.15. The number of hydrogen-bond acceptors (Lipinski definition) is 5. The Kier molecular flexibility index (Phi) is 5.39. The fraction of sp³-hybridized carbons (Fsp3) is 0.235. The minimum absolute atomic E-state index is 0.132. The van der Waals surface area contributed by atoms with E-state index >= 15 is 0 Å². The summed E-state index contributed by atoms with van der Waals surface area (Å²) in [6.07, 6.45) is 0.132. The molecule has 0 aliphatic heterocycles. The quantitative estimate of drug-likeness (QED) is 0.600. The highest BCUT2D eigenvalue weighted by Gasteiger charge is 2.14. The number of benzene rings is 2. The Morgan fingerprint density at radius 1 is 1.04 bits per heavy atom. The van der Waals surface area contributed by atoms with Crippen molar-refractivity contribution in [3.63, 3.8) is 0 Å². The van der Waals surface area contributed by atoms with Crippen LogP contribution in [0.4, 0.5) is 0 Å². The summed E-state index contributed by atoms with van der Waals surface area (Å²) in [5.74, 6) is -0.338. The second-order valence-electron chi connectivity index (χ2n) is 5.17. The monoisotopic (exact) mass is 334 g/mol. The van der Waals surface area contributed by atoms with E-state index in [9.17, 15) is 13.2 Å². The summed E-state index contributed by atoms with van der Waals surface area (Å²) >= 11 is 0. The number of rotatable bonds is 6. The fourth-order valence-corrected chi connectivity index (χ4v) is 3.13. The lowest BCUT2D eigenvalue weighted by molar-refractivity contribution is -0.139. The number of ether oxygens (including phenoxy) is 1. The Bertz CT molecular complexity index is 779. The van der Waals surface area contributed by atoms with Crippen LogP contribution in [0.3, 0.4) is 0 Å². The molecule has 0 heterocycles. The molecule has 0 atom stereocenters. The van der Waals surface area contributed by atoms with Crippen LogP contribution in [0.15, 0.2) is 48.5 Å². The molecule has 2 aromatic carbocycles. The van der Waals surface area contributed by atoms with Crippen molar-refractivity contribution in [1.82, 2.24) is 0 Å². The van der Waals surface area contributed by atoms with Gasteiger partial charge in [-0.25, -0.2) is 0 Å². The molecule has 0 saturated carbocycles. The highest BCUT2D eigenvalue weighted by molar-refractivity contribution is 7.86. The molecule has 5 nitrogen and oxygen atoms in total. The summed E-state index contributed by atoms with van der Waals surface area (Å²) in [7, 11) is -2.42. The molecular formula is C17H18O5S. The highest BCUT2D eigenvalue weighted by atomic mass is 32.2. The molecule has 2 aromatic rings. The molecule has 0 bridgehead atoms. The van der Waals surface area contributed by atoms with Gasteiger partial charge in [-0.05, 0) is 30.2 Å². The van der Waals surface area contributed by atoms with Gasteiger partial charge in [0, 0.05) is 0 Å². The second-order valence-corrected chi connectivity index (χ2v) is 6.74. The van der Waals surface area contributed by atoms with Crippen LogP contribution in [-0.4, -0.2) is 21.5 Å². The SMILES string of the molecule is COC(=O)Cc1ccc(OS(=O)(=O)Cc2cccc(C)c2)cc1. The van der Waals surface area contributed by atoms with E-state index in [-0.39, 0.29) is 23.9 Å². The van der Waals surface area contributed by atoms with Gasteiger partial charge in [-0.1, -0.05) is 42.0 Å². The van der Waals surface area contributed by atoms with Gasteiger partial charge in [-0.2, -0.15) is 8.42 Å². The molecule has 0 fully saturated rings. The number of carbonyl (C=O) groups excluding carboxylic acids is 1. The van der Waals surface area contributed by atoms with Crippen molar-refractivity contribution in [2.75, 3.05) is 7.11 Å². The Morgan fingerprint density at radius 2 is 1.74 bits per heavy atom. The van der Waals surface area contributed by atoms with Crippen LogP contribution in [0.2, 0.25) is 0 Å². The van der Waals surface area contributed by atoms with Gasteiger partial charge in [0.1, 0.15) is 11.5 Å². The fourth-order valence-electron chi connectivity index (χ4n) is 2.08. The first kappa shape index (κ1) is 17.0. The lowest BCUT2D eigenvalue weighted by Crippen LogP contribution is -2.12. The smallest absolute Gasteiger partial charge is 0.313 e. The van der Waals surface area contributed by atoms with Gasteiger partial charge in [0.15, 0.2) is 0 Å². The third kappa shape index (κ3) is 5.41. The van der Waals surface area contributed by atoms with Crippen LogP contribution in [0, 0.1) is 6.92 Å². The summed E-state index contributed by atoms with van der Waals surface area (Å²) in [6, 6.07) is 13.6.